The fourth-order valence-corrected chi connectivity index (χ4v) is 2.35. The molecule has 0 radical (unpaired) electrons. The zero-order valence-corrected chi connectivity index (χ0v) is 13.5. The minimum absolute atomic E-state index is 0.796. The van der Waals surface area contributed by atoms with Crippen molar-refractivity contribution in [1.82, 2.24) is 0 Å². The number of benzene rings is 2. The van der Waals surface area contributed by atoms with Gasteiger partial charge in [-0.15, -0.1) is 0 Å². The van der Waals surface area contributed by atoms with Gasteiger partial charge in [-0.2, -0.15) is 0 Å². The van der Waals surface area contributed by atoms with Crippen LogP contribution in [0.3, 0.4) is 0 Å². The highest BCUT2D eigenvalue weighted by molar-refractivity contribution is 9.10. The lowest BCUT2D eigenvalue weighted by atomic mass is 10.2. The Bertz CT molecular complexity index is 569. The number of anilines is 1. The molecule has 0 spiro atoms. The van der Waals surface area contributed by atoms with Crippen LogP contribution in [0.5, 0.6) is 11.5 Å². The molecular formula is C16H18BrNO2. The Kier molecular flexibility index (Phi) is 4.90. The van der Waals surface area contributed by atoms with E-state index in [1.807, 2.05) is 42.5 Å². The van der Waals surface area contributed by atoms with Crippen molar-refractivity contribution in [3.63, 3.8) is 0 Å². The van der Waals surface area contributed by atoms with Crippen LogP contribution >= 0.6 is 15.9 Å². The summed E-state index contributed by atoms with van der Waals surface area (Å²) in [7, 11) is 5.42. The van der Waals surface area contributed by atoms with Crippen molar-refractivity contribution in [2.75, 3.05) is 26.2 Å². The maximum absolute atomic E-state index is 5.27. The molecule has 20 heavy (non-hydrogen) atoms. The summed E-state index contributed by atoms with van der Waals surface area (Å²) >= 11 is 3.58. The van der Waals surface area contributed by atoms with Crippen molar-refractivity contribution in [1.29, 1.82) is 0 Å². The maximum Gasteiger partial charge on any atom is 0.119 e. The number of methoxy groups -OCH3 is 2. The Hall–Kier alpha value is -1.68. The van der Waals surface area contributed by atoms with Crippen molar-refractivity contribution < 1.29 is 9.47 Å². The zero-order chi connectivity index (χ0) is 14.5. The van der Waals surface area contributed by atoms with E-state index in [2.05, 4.69) is 27.9 Å². The summed E-state index contributed by atoms with van der Waals surface area (Å²) in [6.45, 7) is 0.796. The van der Waals surface area contributed by atoms with Gasteiger partial charge < -0.3 is 14.4 Å². The van der Waals surface area contributed by atoms with Gasteiger partial charge in [0.1, 0.15) is 11.5 Å². The molecule has 3 nitrogen and oxygen atoms in total. The molecule has 2 aromatic carbocycles. The minimum atomic E-state index is 0.796. The Morgan fingerprint density at radius 3 is 2.15 bits per heavy atom. The maximum atomic E-state index is 5.27. The molecule has 0 aliphatic rings. The van der Waals surface area contributed by atoms with E-state index in [1.54, 1.807) is 14.2 Å². The van der Waals surface area contributed by atoms with Crippen LogP contribution in [0.15, 0.2) is 46.9 Å². The number of ether oxygens (including phenoxy) is 2. The third-order valence-corrected chi connectivity index (χ3v) is 3.95. The van der Waals surface area contributed by atoms with Gasteiger partial charge in [-0.25, -0.2) is 0 Å². The topological polar surface area (TPSA) is 21.7 Å². The molecule has 0 aliphatic heterocycles. The molecule has 4 heteroatoms. The molecule has 0 saturated carbocycles. The van der Waals surface area contributed by atoms with Gasteiger partial charge in [-0.1, -0.05) is 15.9 Å². The summed E-state index contributed by atoms with van der Waals surface area (Å²) in [5.74, 6) is 1.73. The lowest BCUT2D eigenvalue weighted by molar-refractivity contribution is 0.414. The SMILES string of the molecule is COc1ccc(N(C)Cc2cc(OC)ccc2Br)cc1. The summed E-state index contributed by atoms with van der Waals surface area (Å²) in [5, 5.41) is 0. The molecule has 0 bridgehead atoms. The van der Waals surface area contributed by atoms with Gasteiger partial charge in [0, 0.05) is 23.8 Å². The average molecular weight is 336 g/mol. The molecule has 0 fully saturated rings. The van der Waals surface area contributed by atoms with Crippen molar-refractivity contribution in [3.8, 4) is 11.5 Å². The van der Waals surface area contributed by atoms with Gasteiger partial charge in [0.05, 0.1) is 14.2 Å². The quantitative estimate of drug-likeness (QED) is 0.820. The van der Waals surface area contributed by atoms with E-state index < -0.39 is 0 Å². The largest absolute Gasteiger partial charge is 0.497 e. The lowest BCUT2D eigenvalue weighted by Gasteiger charge is -2.20. The van der Waals surface area contributed by atoms with Gasteiger partial charge in [0.2, 0.25) is 0 Å². The molecule has 0 aliphatic carbocycles. The van der Waals surface area contributed by atoms with Gasteiger partial charge in [0.25, 0.3) is 0 Å². The molecule has 0 heterocycles. The van der Waals surface area contributed by atoms with Crippen LogP contribution < -0.4 is 14.4 Å². The van der Waals surface area contributed by atoms with E-state index in [1.165, 1.54) is 5.56 Å². The summed E-state index contributed by atoms with van der Waals surface area (Å²) in [4.78, 5) is 2.18. The third-order valence-electron chi connectivity index (χ3n) is 3.17. The molecule has 106 valence electrons. The summed E-state index contributed by atoms with van der Waals surface area (Å²) < 4.78 is 11.5. The fourth-order valence-electron chi connectivity index (χ4n) is 1.98. The predicted octanol–water partition coefficient (Wildman–Crippen LogP) is 4.10. The first-order chi connectivity index (χ1) is 9.63. The minimum Gasteiger partial charge on any atom is -0.497 e. The van der Waals surface area contributed by atoms with Crippen molar-refractivity contribution in [2.24, 2.45) is 0 Å². The van der Waals surface area contributed by atoms with Crippen molar-refractivity contribution >= 4 is 21.6 Å². The Labute approximate surface area is 128 Å². The van der Waals surface area contributed by atoms with E-state index in [-0.39, 0.29) is 0 Å². The van der Waals surface area contributed by atoms with Gasteiger partial charge in [-0.3, -0.25) is 0 Å². The first-order valence-corrected chi connectivity index (χ1v) is 7.11. The van der Waals surface area contributed by atoms with Crippen LogP contribution in [0, 0.1) is 0 Å². The monoisotopic (exact) mass is 335 g/mol. The summed E-state index contributed by atoms with van der Waals surface area (Å²) in [6.07, 6.45) is 0. The highest BCUT2D eigenvalue weighted by Gasteiger charge is 2.07. The molecule has 2 aromatic rings. The molecule has 0 amide bonds. The van der Waals surface area contributed by atoms with Crippen molar-refractivity contribution in [2.45, 2.75) is 6.54 Å². The normalized spacial score (nSPS) is 10.2. The number of nitrogens with zero attached hydrogens (tertiary/aromatic N) is 1. The standard InChI is InChI=1S/C16H18BrNO2/c1-18(13-4-6-14(19-2)7-5-13)11-12-10-15(20-3)8-9-16(12)17/h4-10H,11H2,1-3H3. The van der Waals surface area contributed by atoms with Crippen LogP contribution in [-0.2, 0) is 6.54 Å². The molecule has 0 atom stereocenters. The van der Waals surface area contributed by atoms with Crippen molar-refractivity contribution in [3.05, 3.63) is 52.5 Å². The van der Waals surface area contributed by atoms with Crippen LogP contribution in [0.1, 0.15) is 5.56 Å². The smallest absolute Gasteiger partial charge is 0.119 e. The van der Waals surface area contributed by atoms with Gasteiger partial charge in [0.15, 0.2) is 0 Å². The predicted molar refractivity (Wildman–Crippen MR) is 85.8 cm³/mol. The van der Waals surface area contributed by atoms with Crippen LogP contribution in [0.25, 0.3) is 0 Å². The second-order valence-corrected chi connectivity index (χ2v) is 5.37. The molecular weight excluding hydrogens is 318 g/mol. The van der Waals surface area contributed by atoms with Gasteiger partial charge in [-0.05, 0) is 48.0 Å². The first-order valence-electron chi connectivity index (χ1n) is 6.31. The summed E-state index contributed by atoms with van der Waals surface area (Å²) in [5.41, 5.74) is 2.32. The van der Waals surface area contributed by atoms with E-state index in [0.29, 0.717) is 0 Å². The number of hydrogen-bond acceptors (Lipinski definition) is 3. The molecule has 0 aromatic heterocycles. The highest BCUT2D eigenvalue weighted by atomic mass is 79.9. The number of rotatable bonds is 5. The number of halogens is 1. The number of hydrogen-bond donors (Lipinski definition) is 0. The van der Waals surface area contributed by atoms with Crippen LogP contribution in [0.2, 0.25) is 0 Å². The third kappa shape index (κ3) is 3.45. The summed E-state index contributed by atoms with van der Waals surface area (Å²) in [6, 6.07) is 14.0. The first kappa shape index (κ1) is 14.7. The van der Waals surface area contributed by atoms with E-state index in [9.17, 15) is 0 Å². The average Bonchev–Trinajstić information content (AvgIpc) is 2.49. The Morgan fingerprint density at radius 2 is 1.55 bits per heavy atom. The molecule has 2 rings (SSSR count). The van der Waals surface area contributed by atoms with E-state index >= 15 is 0 Å². The molecule has 0 N–H and O–H groups in total. The van der Waals surface area contributed by atoms with E-state index in [4.69, 9.17) is 9.47 Å². The van der Waals surface area contributed by atoms with Crippen LogP contribution in [-0.4, -0.2) is 21.3 Å². The van der Waals surface area contributed by atoms with E-state index in [0.717, 1.165) is 28.2 Å². The second kappa shape index (κ2) is 6.66. The Morgan fingerprint density at radius 1 is 0.950 bits per heavy atom. The van der Waals surface area contributed by atoms with Crippen LogP contribution in [0.4, 0.5) is 5.69 Å². The Balaban J connectivity index is 2.15. The zero-order valence-electron chi connectivity index (χ0n) is 11.9. The fraction of sp³-hybridized carbons (Fsp3) is 0.250. The molecule has 0 saturated heterocycles. The second-order valence-electron chi connectivity index (χ2n) is 4.51. The lowest BCUT2D eigenvalue weighted by Crippen LogP contribution is -2.16. The molecule has 0 unspecified atom stereocenters. The van der Waals surface area contributed by atoms with Gasteiger partial charge >= 0.3 is 0 Å². The highest BCUT2D eigenvalue weighted by Crippen LogP contribution is 2.26.